The molecule has 0 aliphatic heterocycles. The van der Waals surface area contributed by atoms with Gasteiger partial charge in [-0.15, -0.1) is 0 Å². The first kappa shape index (κ1) is 15.2. The minimum atomic E-state index is 0.149. The lowest BCUT2D eigenvalue weighted by Crippen LogP contribution is -2.41. The zero-order valence-electron chi connectivity index (χ0n) is 9.95. The second-order valence-corrected chi connectivity index (χ2v) is 4.40. The van der Waals surface area contributed by atoms with Gasteiger partial charge in [0, 0.05) is 19.6 Å². The number of rotatable bonds is 9. The Morgan fingerprint density at radius 3 is 1.80 bits per heavy atom. The maximum atomic E-state index is 8.94. The lowest BCUT2D eigenvalue weighted by molar-refractivity contribution is 0.110. The molecule has 0 saturated carbocycles. The van der Waals surface area contributed by atoms with Crippen LogP contribution in [0.25, 0.3) is 0 Å². The van der Waals surface area contributed by atoms with Gasteiger partial charge in [0.25, 0.3) is 0 Å². The van der Waals surface area contributed by atoms with Crippen molar-refractivity contribution in [1.29, 1.82) is 0 Å². The second kappa shape index (κ2) is 8.39. The van der Waals surface area contributed by atoms with Crippen LogP contribution in [0.15, 0.2) is 0 Å². The van der Waals surface area contributed by atoms with Gasteiger partial charge in [-0.1, -0.05) is 13.8 Å². The molecule has 4 heteroatoms. The summed E-state index contributed by atoms with van der Waals surface area (Å²) in [5.74, 6) is 0.855. The Labute approximate surface area is 98.9 Å². The Morgan fingerprint density at radius 1 is 1.07 bits per heavy atom. The molecule has 0 aliphatic rings. The Balaban J connectivity index is 4.30. The molecule has 0 fully saturated rings. The van der Waals surface area contributed by atoms with E-state index in [9.17, 15) is 0 Å². The summed E-state index contributed by atoms with van der Waals surface area (Å²) in [5.41, 5.74) is 0.216. The van der Waals surface area contributed by atoms with Crippen molar-refractivity contribution in [2.45, 2.75) is 26.7 Å². The zero-order chi connectivity index (χ0) is 11.7. The molecule has 0 aliphatic carbocycles. The molecule has 0 rings (SSSR count). The molecule has 0 amide bonds. The van der Waals surface area contributed by atoms with Crippen molar-refractivity contribution < 1.29 is 10.2 Å². The van der Waals surface area contributed by atoms with Gasteiger partial charge in [0.15, 0.2) is 0 Å². The molecule has 3 nitrogen and oxygen atoms in total. The zero-order valence-corrected chi connectivity index (χ0v) is 10.8. The van der Waals surface area contributed by atoms with Crippen LogP contribution in [-0.2, 0) is 0 Å². The van der Waals surface area contributed by atoms with E-state index in [2.05, 4.69) is 31.4 Å². The molecular weight excluding hydrogens is 210 g/mol. The first-order chi connectivity index (χ1) is 7.17. The summed E-state index contributed by atoms with van der Waals surface area (Å²) in [6.07, 6.45) is 2.17. The van der Waals surface area contributed by atoms with Crippen molar-refractivity contribution in [3.05, 3.63) is 0 Å². The van der Waals surface area contributed by atoms with Crippen molar-refractivity contribution in [2.75, 3.05) is 38.6 Å². The van der Waals surface area contributed by atoms with Gasteiger partial charge in [0.2, 0.25) is 0 Å². The fourth-order valence-corrected chi connectivity index (χ4v) is 2.32. The molecule has 2 N–H and O–H groups in total. The fraction of sp³-hybridized carbons (Fsp3) is 1.00. The van der Waals surface area contributed by atoms with E-state index in [1.165, 1.54) is 0 Å². The van der Waals surface area contributed by atoms with E-state index >= 15 is 0 Å². The fourth-order valence-electron chi connectivity index (χ4n) is 1.77. The average Bonchev–Trinajstić information content (AvgIpc) is 2.27. The van der Waals surface area contributed by atoms with Crippen LogP contribution in [0.5, 0.6) is 0 Å². The van der Waals surface area contributed by atoms with Crippen molar-refractivity contribution in [2.24, 2.45) is 5.41 Å². The molecule has 0 aromatic rings. The van der Waals surface area contributed by atoms with E-state index in [1.54, 1.807) is 0 Å². The van der Waals surface area contributed by atoms with E-state index in [1.807, 2.05) is 0 Å². The van der Waals surface area contributed by atoms with Crippen molar-refractivity contribution >= 4 is 12.6 Å². The Hall–Kier alpha value is 0.230. The van der Waals surface area contributed by atoms with Crippen molar-refractivity contribution in [3.63, 3.8) is 0 Å². The second-order valence-electron chi connectivity index (χ2n) is 4.09. The summed E-state index contributed by atoms with van der Waals surface area (Å²) in [6, 6.07) is 0. The highest BCUT2D eigenvalue weighted by Gasteiger charge is 2.26. The lowest BCUT2D eigenvalue weighted by Gasteiger charge is -2.35. The summed E-state index contributed by atoms with van der Waals surface area (Å²) in [7, 11) is 0. The monoisotopic (exact) mass is 235 g/mol. The maximum Gasteiger partial charge on any atom is 0.0558 e. The van der Waals surface area contributed by atoms with Crippen LogP contribution in [0.4, 0.5) is 0 Å². The molecule has 0 spiro atoms. The molecule has 0 unspecified atom stereocenters. The number of hydrogen-bond donors (Lipinski definition) is 3. The molecule has 92 valence electrons. The van der Waals surface area contributed by atoms with Gasteiger partial charge >= 0.3 is 0 Å². The molecule has 0 radical (unpaired) electrons. The molecule has 0 heterocycles. The third-order valence-corrected chi connectivity index (χ3v) is 3.90. The predicted octanol–water partition coefficient (Wildman–Crippen LogP) is 1.01. The highest BCUT2D eigenvalue weighted by molar-refractivity contribution is 7.80. The molecular formula is C11H25NO2S. The van der Waals surface area contributed by atoms with Crippen molar-refractivity contribution in [1.82, 2.24) is 4.90 Å². The highest BCUT2D eigenvalue weighted by Crippen LogP contribution is 2.28. The number of aliphatic hydroxyl groups is 2. The van der Waals surface area contributed by atoms with Crippen LogP contribution in [0.3, 0.4) is 0 Å². The number of nitrogens with zero attached hydrogens (tertiary/aromatic N) is 1. The van der Waals surface area contributed by atoms with Gasteiger partial charge in [0.1, 0.15) is 0 Å². The van der Waals surface area contributed by atoms with Crippen molar-refractivity contribution in [3.8, 4) is 0 Å². The van der Waals surface area contributed by atoms with Gasteiger partial charge in [-0.25, -0.2) is 0 Å². The third kappa shape index (κ3) is 5.20. The van der Waals surface area contributed by atoms with Gasteiger partial charge in [-0.3, -0.25) is 4.90 Å². The SMILES string of the molecule is CCC(CC)(CS)CN(CCO)CCO. The van der Waals surface area contributed by atoms with Gasteiger partial charge in [0.05, 0.1) is 13.2 Å². The Kier molecular flexibility index (Phi) is 8.52. The number of aliphatic hydroxyl groups excluding tert-OH is 2. The van der Waals surface area contributed by atoms with Gasteiger partial charge in [-0.2, -0.15) is 12.6 Å². The summed E-state index contributed by atoms with van der Waals surface area (Å²) >= 11 is 4.42. The number of thiol groups is 1. The molecule has 0 bridgehead atoms. The van der Waals surface area contributed by atoms with Crippen LogP contribution >= 0.6 is 12.6 Å². The van der Waals surface area contributed by atoms with Crippen LogP contribution in [0.2, 0.25) is 0 Å². The molecule has 0 saturated heterocycles. The summed E-state index contributed by atoms with van der Waals surface area (Å²) in [4.78, 5) is 2.11. The summed E-state index contributed by atoms with van der Waals surface area (Å²) in [5, 5.41) is 17.9. The minimum Gasteiger partial charge on any atom is -0.395 e. The van der Waals surface area contributed by atoms with E-state index in [4.69, 9.17) is 10.2 Å². The molecule has 0 aromatic carbocycles. The average molecular weight is 235 g/mol. The van der Waals surface area contributed by atoms with E-state index < -0.39 is 0 Å². The van der Waals surface area contributed by atoms with Crippen LogP contribution in [0.1, 0.15) is 26.7 Å². The smallest absolute Gasteiger partial charge is 0.0558 e. The largest absolute Gasteiger partial charge is 0.395 e. The topological polar surface area (TPSA) is 43.7 Å². The highest BCUT2D eigenvalue weighted by atomic mass is 32.1. The first-order valence-electron chi connectivity index (χ1n) is 5.73. The maximum absolute atomic E-state index is 8.94. The van der Waals surface area contributed by atoms with E-state index in [0.29, 0.717) is 13.1 Å². The number of hydrogen-bond acceptors (Lipinski definition) is 4. The Morgan fingerprint density at radius 2 is 1.53 bits per heavy atom. The summed E-state index contributed by atoms with van der Waals surface area (Å²) < 4.78 is 0. The van der Waals surface area contributed by atoms with E-state index in [-0.39, 0.29) is 18.6 Å². The normalized spacial score (nSPS) is 12.4. The van der Waals surface area contributed by atoms with E-state index in [0.717, 1.165) is 25.1 Å². The summed E-state index contributed by atoms with van der Waals surface area (Å²) in [6.45, 7) is 6.83. The van der Waals surface area contributed by atoms with Crippen LogP contribution in [-0.4, -0.2) is 53.7 Å². The predicted molar refractivity (Wildman–Crippen MR) is 67.5 cm³/mol. The lowest BCUT2D eigenvalue weighted by atomic mass is 9.84. The standard InChI is InChI=1S/C11H25NO2S/c1-3-11(4-2,10-15)9-12(5-7-13)6-8-14/h13-15H,3-10H2,1-2H3. The van der Waals surface area contributed by atoms with Crippen LogP contribution in [0, 0.1) is 5.41 Å². The van der Waals surface area contributed by atoms with Gasteiger partial charge in [-0.05, 0) is 24.0 Å². The molecule has 0 atom stereocenters. The molecule has 15 heavy (non-hydrogen) atoms. The Bertz CT molecular complexity index is 137. The molecule has 0 aromatic heterocycles. The minimum absolute atomic E-state index is 0.149. The first-order valence-corrected chi connectivity index (χ1v) is 6.36. The van der Waals surface area contributed by atoms with Crippen LogP contribution < -0.4 is 0 Å². The van der Waals surface area contributed by atoms with Gasteiger partial charge < -0.3 is 10.2 Å². The third-order valence-electron chi connectivity index (χ3n) is 3.23. The quantitative estimate of drug-likeness (QED) is 0.523.